The first-order valence-electron chi connectivity index (χ1n) is 10.7. The molecule has 0 saturated heterocycles. The highest BCUT2D eigenvalue weighted by atomic mass is 16.5. The van der Waals surface area contributed by atoms with E-state index in [4.69, 9.17) is 4.74 Å². The molecule has 0 amide bonds. The average molecular weight is 381 g/mol. The van der Waals surface area contributed by atoms with Gasteiger partial charge in [0.2, 0.25) is 0 Å². The van der Waals surface area contributed by atoms with Crippen molar-refractivity contribution < 1.29 is 14.3 Å². The quantitative estimate of drug-likeness (QED) is 0.481. The van der Waals surface area contributed by atoms with Crippen LogP contribution >= 0.6 is 0 Å². The highest BCUT2D eigenvalue weighted by Gasteiger charge is 2.36. The van der Waals surface area contributed by atoms with Crippen LogP contribution in [0.15, 0.2) is 48.6 Å². The molecule has 28 heavy (non-hydrogen) atoms. The minimum Gasteiger partial charge on any atom is -0.465 e. The van der Waals surface area contributed by atoms with Gasteiger partial charge in [0.05, 0.1) is 6.61 Å². The lowest BCUT2D eigenvalue weighted by atomic mass is 9.71. The summed E-state index contributed by atoms with van der Waals surface area (Å²) >= 11 is 0. The summed E-state index contributed by atoms with van der Waals surface area (Å²) in [5.74, 6) is 0.284. The van der Waals surface area contributed by atoms with Gasteiger partial charge in [-0.2, -0.15) is 0 Å². The van der Waals surface area contributed by atoms with Gasteiger partial charge in [-0.05, 0) is 75.3 Å². The summed E-state index contributed by atoms with van der Waals surface area (Å²) in [6.45, 7) is 4.13. The van der Waals surface area contributed by atoms with Crippen molar-refractivity contribution >= 4 is 11.8 Å². The van der Waals surface area contributed by atoms with Gasteiger partial charge in [0.1, 0.15) is 5.92 Å². The number of esters is 1. The summed E-state index contributed by atoms with van der Waals surface area (Å²) in [6.07, 6.45) is 14.3. The topological polar surface area (TPSA) is 43.4 Å². The molecule has 2 unspecified atom stereocenters. The second-order valence-corrected chi connectivity index (χ2v) is 8.16. The number of ketones is 1. The fourth-order valence-corrected chi connectivity index (χ4v) is 4.67. The Kier molecular flexibility index (Phi) is 7.24. The molecule has 2 aliphatic rings. The number of hydrogen-bond acceptors (Lipinski definition) is 3. The molecule has 3 nitrogen and oxygen atoms in total. The maximum atomic E-state index is 13.3. The summed E-state index contributed by atoms with van der Waals surface area (Å²) in [7, 11) is 0. The van der Waals surface area contributed by atoms with E-state index >= 15 is 0 Å². The van der Waals surface area contributed by atoms with Gasteiger partial charge < -0.3 is 4.74 Å². The van der Waals surface area contributed by atoms with Crippen molar-refractivity contribution in [2.75, 3.05) is 6.61 Å². The molecular weight excluding hydrogens is 348 g/mol. The molecule has 0 aromatic heterocycles. The zero-order valence-corrected chi connectivity index (χ0v) is 17.1. The van der Waals surface area contributed by atoms with Gasteiger partial charge in [-0.1, -0.05) is 48.6 Å². The minimum atomic E-state index is -0.680. The number of carbonyl (C=O) groups is 2. The average Bonchev–Trinajstić information content (AvgIpc) is 2.73. The molecule has 2 aliphatic carbocycles. The number of carbonyl (C=O) groups excluding carboxylic acids is 2. The van der Waals surface area contributed by atoms with Crippen LogP contribution in [0.2, 0.25) is 0 Å². The normalized spacial score (nSPS) is 25.3. The lowest BCUT2D eigenvalue weighted by Gasteiger charge is -2.33. The molecule has 0 bridgehead atoms. The van der Waals surface area contributed by atoms with E-state index in [2.05, 4.69) is 24.3 Å². The summed E-state index contributed by atoms with van der Waals surface area (Å²) in [5, 5.41) is 0. The van der Waals surface area contributed by atoms with Crippen molar-refractivity contribution in [3.8, 4) is 0 Å². The van der Waals surface area contributed by atoms with Gasteiger partial charge in [-0.3, -0.25) is 9.59 Å². The van der Waals surface area contributed by atoms with E-state index in [9.17, 15) is 9.59 Å². The van der Waals surface area contributed by atoms with Gasteiger partial charge in [-0.15, -0.1) is 0 Å². The smallest absolute Gasteiger partial charge is 0.316 e. The fraction of sp³-hybridized carbons (Fsp3) is 0.520. The summed E-state index contributed by atoms with van der Waals surface area (Å²) in [6, 6.07) is 7.98. The number of aryl methyl sites for hydroxylation is 1. The van der Waals surface area contributed by atoms with Gasteiger partial charge in [0.25, 0.3) is 0 Å². The van der Waals surface area contributed by atoms with Crippen LogP contribution in [0.5, 0.6) is 0 Å². The Labute approximate surface area is 168 Å². The number of hydrogen-bond donors (Lipinski definition) is 0. The van der Waals surface area contributed by atoms with Crippen molar-refractivity contribution in [3.05, 3.63) is 59.7 Å². The van der Waals surface area contributed by atoms with Crippen molar-refractivity contribution in [2.45, 2.75) is 52.4 Å². The van der Waals surface area contributed by atoms with Crippen LogP contribution in [0.4, 0.5) is 0 Å². The number of benzene rings is 1. The molecule has 150 valence electrons. The Balaban J connectivity index is 1.66. The third-order valence-corrected chi connectivity index (χ3v) is 6.39. The molecule has 1 saturated carbocycles. The first-order valence-corrected chi connectivity index (χ1v) is 10.7. The standard InChI is InChI=1S/C25H32O3/c1-3-28-25(27)23(17-22-12-8-7-9-18(22)2)24(26)21-15-13-20(14-16-21)19-10-5-4-6-11-19/h4-10,12,19-21,23H,3,11,13-17H2,1-2H3/t19?,20-,21-,23?. The van der Waals surface area contributed by atoms with E-state index in [-0.39, 0.29) is 17.7 Å². The largest absolute Gasteiger partial charge is 0.465 e. The van der Waals surface area contributed by atoms with Crippen LogP contribution in [-0.4, -0.2) is 18.4 Å². The van der Waals surface area contributed by atoms with E-state index < -0.39 is 5.92 Å². The fourth-order valence-electron chi connectivity index (χ4n) is 4.67. The molecule has 3 rings (SSSR count). The maximum Gasteiger partial charge on any atom is 0.316 e. The van der Waals surface area contributed by atoms with Crippen LogP contribution in [0.3, 0.4) is 0 Å². The van der Waals surface area contributed by atoms with Gasteiger partial charge >= 0.3 is 5.97 Å². The Hall–Kier alpha value is -2.16. The predicted molar refractivity (Wildman–Crippen MR) is 112 cm³/mol. The lowest BCUT2D eigenvalue weighted by Crippen LogP contribution is -2.35. The zero-order valence-electron chi connectivity index (χ0n) is 17.1. The number of Topliss-reactive ketones (excluding diaryl/α,β-unsaturated/α-hetero) is 1. The molecule has 2 atom stereocenters. The molecule has 0 aliphatic heterocycles. The molecule has 1 aromatic rings. The van der Waals surface area contributed by atoms with E-state index in [1.165, 1.54) is 0 Å². The number of ether oxygens (including phenoxy) is 1. The molecule has 1 fully saturated rings. The Bertz CT molecular complexity index is 738. The van der Waals surface area contributed by atoms with Gasteiger partial charge in [0.15, 0.2) is 5.78 Å². The SMILES string of the molecule is CCOC(=O)C(Cc1ccccc1C)C(=O)[C@H]1CC[C@H](C2C=CC=CC2)CC1. The van der Waals surface area contributed by atoms with Crippen molar-refractivity contribution in [1.82, 2.24) is 0 Å². The molecule has 0 spiro atoms. The Morgan fingerprint density at radius 2 is 1.86 bits per heavy atom. The van der Waals surface area contributed by atoms with Crippen LogP contribution in [0.25, 0.3) is 0 Å². The van der Waals surface area contributed by atoms with E-state index in [1.54, 1.807) is 6.92 Å². The number of rotatable bonds is 7. The predicted octanol–water partition coefficient (Wildman–Crippen LogP) is 5.22. The molecule has 0 radical (unpaired) electrons. The third-order valence-electron chi connectivity index (χ3n) is 6.39. The molecule has 1 aromatic carbocycles. The maximum absolute atomic E-state index is 13.3. The summed E-state index contributed by atoms with van der Waals surface area (Å²) in [5.41, 5.74) is 2.17. The minimum absolute atomic E-state index is 0.0159. The van der Waals surface area contributed by atoms with Crippen LogP contribution < -0.4 is 0 Å². The van der Waals surface area contributed by atoms with Gasteiger partial charge in [0, 0.05) is 5.92 Å². The van der Waals surface area contributed by atoms with Crippen molar-refractivity contribution in [1.29, 1.82) is 0 Å². The second kappa shape index (κ2) is 9.86. The number of allylic oxidation sites excluding steroid dienone is 4. The molecule has 3 heteroatoms. The molecule has 0 heterocycles. The highest BCUT2D eigenvalue weighted by Crippen LogP contribution is 2.38. The second-order valence-electron chi connectivity index (χ2n) is 8.16. The Morgan fingerprint density at radius 1 is 1.11 bits per heavy atom. The monoisotopic (exact) mass is 380 g/mol. The first-order chi connectivity index (χ1) is 13.6. The zero-order chi connectivity index (χ0) is 19.9. The molecule has 0 N–H and O–H groups in total. The molecular formula is C25H32O3. The van der Waals surface area contributed by atoms with E-state index in [0.717, 1.165) is 43.2 Å². The van der Waals surface area contributed by atoms with E-state index in [0.29, 0.717) is 24.9 Å². The first kappa shape index (κ1) is 20.6. The van der Waals surface area contributed by atoms with Crippen LogP contribution in [0.1, 0.15) is 50.2 Å². The summed E-state index contributed by atoms with van der Waals surface area (Å²) in [4.78, 5) is 25.9. The third kappa shape index (κ3) is 5.01. The Morgan fingerprint density at radius 3 is 2.50 bits per heavy atom. The van der Waals surface area contributed by atoms with Crippen molar-refractivity contribution in [3.63, 3.8) is 0 Å². The van der Waals surface area contributed by atoms with Crippen LogP contribution in [-0.2, 0) is 20.7 Å². The lowest BCUT2D eigenvalue weighted by molar-refractivity contribution is -0.153. The van der Waals surface area contributed by atoms with E-state index in [1.807, 2.05) is 31.2 Å². The highest BCUT2D eigenvalue weighted by molar-refractivity contribution is 6.00. The summed E-state index contributed by atoms with van der Waals surface area (Å²) < 4.78 is 5.27. The van der Waals surface area contributed by atoms with Gasteiger partial charge in [-0.25, -0.2) is 0 Å². The van der Waals surface area contributed by atoms with Crippen molar-refractivity contribution in [2.24, 2.45) is 23.7 Å². The van der Waals surface area contributed by atoms with Crippen LogP contribution in [0, 0.1) is 30.6 Å².